The summed E-state index contributed by atoms with van der Waals surface area (Å²) in [6.07, 6.45) is 0. The van der Waals surface area contributed by atoms with E-state index in [2.05, 4.69) is 0 Å². The number of halogens is 3. The van der Waals surface area contributed by atoms with Crippen LogP contribution in [0, 0.1) is 15.9 Å². The van der Waals surface area contributed by atoms with E-state index in [-0.39, 0.29) is 5.69 Å². The largest absolute Gasteiger partial charge is 0.393 e. The van der Waals surface area contributed by atoms with E-state index in [1.165, 1.54) is 0 Å². The summed E-state index contributed by atoms with van der Waals surface area (Å²) >= 11 is 0. The van der Waals surface area contributed by atoms with Crippen LogP contribution in [0.2, 0.25) is 0 Å². The Morgan fingerprint density at radius 2 is 1.93 bits per heavy atom. The second-order valence-electron chi connectivity index (χ2n) is 2.06. The zero-order valence-corrected chi connectivity index (χ0v) is 6.91. The lowest BCUT2D eigenvalue weighted by Gasteiger charge is -1.94. The van der Waals surface area contributed by atoms with E-state index in [4.69, 9.17) is 5.73 Å². The molecule has 2 N–H and O–H groups in total. The van der Waals surface area contributed by atoms with Gasteiger partial charge in [-0.2, -0.15) is 0 Å². The van der Waals surface area contributed by atoms with Crippen LogP contribution in [-0.4, -0.2) is 11.9 Å². The lowest BCUT2D eigenvalue weighted by molar-refractivity contribution is -0.384. The summed E-state index contributed by atoms with van der Waals surface area (Å²) < 4.78 is 31.6. The third kappa shape index (κ3) is 3.74. The van der Waals surface area contributed by atoms with E-state index in [0.717, 1.165) is 18.2 Å². The minimum absolute atomic E-state index is 0.0311. The Kier molecular flexibility index (Phi) is 5.05. The second kappa shape index (κ2) is 5.79. The van der Waals surface area contributed by atoms with Crippen molar-refractivity contribution in [2.75, 3.05) is 12.7 Å². The van der Waals surface area contributed by atoms with Gasteiger partial charge in [-0.05, 0) is 12.1 Å². The standard InChI is InChI=1S/C6H5FN2O2.CH2F2/c7-4-1-2-5(8)6(3-4)9(10)11;2-1-3/h1-3H,8H2;1H2. The molecular formula is C7H7F3N2O2. The van der Waals surface area contributed by atoms with Gasteiger partial charge in [0, 0.05) is 0 Å². The van der Waals surface area contributed by atoms with Gasteiger partial charge in [-0.25, -0.2) is 13.2 Å². The first-order valence-electron chi connectivity index (χ1n) is 3.34. The zero-order valence-electron chi connectivity index (χ0n) is 6.91. The molecule has 0 atom stereocenters. The first-order chi connectivity index (χ1) is 6.52. The molecule has 0 unspecified atom stereocenters. The zero-order chi connectivity index (χ0) is 11.1. The summed E-state index contributed by atoms with van der Waals surface area (Å²) in [5.41, 5.74) is 4.75. The molecule has 78 valence electrons. The number of nitrogens with two attached hydrogens (primary N) is 1. The highest BCUT2D eigenvalue weighted by Crippen LogP contribution is 2.20. The van der Waals surface area contributed by atoms with E-state index >= 15 is 0 Å². The number of anilines is 1. The number of nitrogens with zero attached hydrogens (tertiary/aromatic N) is 1. The van der Waals surface area contributed by atoms with Crippen molar-refractivity contribution in [3.8, 4) is 0 Å². The number of hydrogen-bond donors (Lipinski definition) is 1. The molecule has 1 rings (SSSR count). The van der Waals surface area contributed by atoms with Crippen molar-refractivity contribution in [1.82, 2.24) is 0 Å². The van der Waals surface area contributed by atoms with Gasteiger partial charge in [-0.15, -0.1) is 0 Å². The van der Waals surface area contributed by atoms with Crippen LogP contribution in [-0.2, 0) is 0 Å². The molecule has 0 amide bonds. The predicted molar refractivity (Wildman–Crippen MR) is 44.5 cm³/mol. The molecule has 4 nitrogen and oxygen atoms in total. The predicted octanol–water partition coefficient (Wildman–Crippen LogP) is 2.20. The molecule has 0 spiro atoms. The van der Waals surface area contributed by atoms with Crippen LogP contribution in [0.3, 0.4) is 0 Å². The Morgan fingerprint density at radius 1 is 1.43 bits per heavy atom. The molecule has 7 heteroatoms. The molecule has 0 aromatic heterocycles. The fourth-order valence-corrected chi connectivity index (χ4v) is 0.675. The number of nitrogen functional groups attached to an aromatic ring is 1. The highest BCUT2D eigenvalue weighted by Gasteiger charge is 2.10. The molecule has 0 saturated carbocycles. The van der Waals surface area contributed by atoms with Gasteiger partial charge in [0.2, 0.25) is 6.93 Å². The summed E-state index contributed by atoms with van der Waals surface area (Å²) in [4.78, 5) is 9.41. The fourth-order valence-electron chi connectivity index (χ4n) is 0.675. The molecule has 0 aliphatic heterocycles. The van der Waals surface area contributed by atoms with Gasteiger partial charge in [-0.3, -0.25) is 10.1 Å². The highest BCUT2D eigenvalue weighted by atomic mass is 19.3. The Morgan fingerprint density at radius 3 is 2.29 bits per heavy atom. The van der Waals surface area contributed by atoms with E-state index in [9.17, 15) is 23.3 Å². The molecule has 0 saturated heterocycles. The number of benzene rings is 1. The Balaban J connectivity index is 0.000000500. The van der Waals surface area contributed by atoms with Gasteiger partial charge in [-0.1, -0.05) is 0 Å². The summed E-state index contributed by atoms with van der Waals surface area (Å²) in [6, 6.07) is 3.02. The Hall–Kier alpha value is -1.79. The smallest absolute Gasteiger partial charge is 0.295 e. The van der Waals surface area contributed by atoms with Crippen molar-refractivity contribution in [3.05, 3.63) is 34.1 Å². The van der Waals surface area contributed by atoms with Crippen molar-refractivity contribution < 1.29 is 18.1 Å². The third-order valence-corrected chi connectivity index (χ3v) is 1.19. The maximum Gasteiger partial charge on any atom is 0.295 e. The van der Waals surface area contributed by atoms with Crippen molar-refractivity contribution in [3.63, 3.8) is 0 Å². The van der Waals surface area contributed by atoms with Crippen molar-refractivity contribution in [1.29, 1.82) is 0 Å². The van der Waals surface area contributed by atoms with Crippen LogP contribution in [0.15, 0.2) is 18.2 Å². The fraction of sp³-hybridized carbons (Fsp3) is 0.143. The summed E-state index contributed by atoms with van der Waals surface area (Å²) in [7, 11) is 0. The molecule has 0 aliphatic carbocycles. The summed E-state index contributed by atoms with van der Waals surface area (Å²) in [6.45, 7) is -1.75. The van der Waals surface area contributed by atoms with Crippen LogP contribution in [0.1, 0.15) is 0 Å². The average Bonchev–Trinajstić information content (AvgIpc) is 2.10. The minimum atomic E-state index is -1.75. The molecule has 1 aromatic carbocycles. The van der Waals surface area contributed by atoms with Gasteiger partial charge >= 0.3 is 0 Å². The molecule has 0 heterocycles. The first kappa shape index (κ1) is 12.2. The van der Waals surface area contributed by atoms with Gasteiger partial charge in [0.25, 0.3) is 5.69 Å². The van der Waals surface area contributed by atoms with Gasteiger partial charge in [0.1, 0.15) is 11.5 Å². The highest BCUT2D eigenvalue weighted by molar-refractivity contribution is 5.57. The van der Waals surface area contributed by atoms with Crippen LogP contribution in [0.5, 0.6) is 0 Å². The molecule has 0 bridgehead atoms. The van der Waals surface area contributed by atoms with Crippen molar-refractivity contribution >= 4 is 11.4 Å². The first-order valence-corrected chi connectivity index (χ1v) is 3.34. The molecule has 0 radical (unpaired) electrons. The average molecular weight is 208 g/mol. The van der Waals surface area contributed by atoms with Crippen LogP contribution in [0.25, 0.3) is 0 Å². The Bertz CT molecular complexity index is 320. The lowest BCUT2D eigenvalue weighted by Crippen LogP contribution is -1.95. The van der Waals surface area contributed by atoms with Gasteiger partial charge in [0.05, 0.1) is 11.0 Å². The second-order valence-corrected chi connectivity index (χ2v) is 2.06. The molecule has 14 heavy (non-hydrogen) atoms. The maximum atomic E-state index is 12.3. The number of nitro benzene ring substituents is 1. The maximum absolute atomic E-state index is 12.3. The number of hydrogen-bond acceptors (Lipinski definition) is 3. The topological polar surface area (TPSA) is 69.2 Å². The van der Waals surface area contributed by atoms with Crippen molar-refractivity contribution in [2.45, 2.75) is 0 Å². The quantitative estimate of drug-likeness (QED) is 0.437. The van der Waals surface area contributed by atoms with Gasteiger partial charge in [0.15, 0.2) is 0 Å². The lowest BCUT2D eigenvalue weighted by atomic mass is 10.3. The SMILES string of the molecule is FCF.Nc1ccc(F)cc1[N+](=O)[O-]. The molecular weight excluding hydrogens is 201 g/mol. The van der Waals surface area contributed by atoms with E-state index in [0.29, 0.717) is 0 Å². The van der Waals surface area contributed by atoms with Crippen LogP contribution >= 0.6 is 0 Å². The summed E-state index contributed by atoms with van der Waals surface area (Å²) in [5, 5.41) is 10.1. The molecule has 0 aliphatic rings. The third-order valence-electron chi connectivity index (χ3n) is 1.19. The van der Waals surface area contributed by atoms with E-state index in [1.807, 2.05) is 0 Å². The van der Waals surface area contributed by atoms with Crippen LogP contribution in [0.4, 0.5) is 24.5 Å². The summed E-state index contributed by atoms with van der Waals surface area (Å²) in [5.74, 6) is -0.661. The van der Waals surface area contributed by atoms with E-state index in [1.54, 1.807) is 0 Å². The molecule has 0 fully saturated rings. The van der Waals surface area contributed by atoms with Crippen LogP contribution < -0.4 is 5.73 Å². The number of nitro groups is 1. The van der Waals surface area contributed by atoms with Gasteiger partial charge < -0.3 is 5.73 Å². The van der Waals surface area contributed by atoms with Crippen molar-refractivity contribution in [2.24, 2.45) is 0 Å². The number of alkyl halides is 2. The minimum Gasteiger partial charge on any atom is -0.393 e. The number of rotatable bonds is 1. The van der Waals surface area contributed by atoms with E-state index < -0.39 is 23.4 Å². The normalized spacial score (nSPS) is 8.79. The Labute approximate surface area is 77.3 Å². The monoisotopic (exact) mass is 208 g/mol. The molecule has 1 aromatic rings.